The van der Waals surface area contributed by atoms with Crippen molar-refractivity contribution in [2.24, 2.45) is 0 Å². The van der Waals surface area contributed by atoms with Gasteiger partial charge >= 0.3 is 0 Å². The van der Waals surface area contributed by atoms with Crippen molar-refractivity contribution in [1.29, 1.82) is 0 Å². The van der Waals surface area contributed by atoms with E-state index in [1.54, 1.807) is 0 Å². The summed E-state index contributed by atoms with van der Waals surface area (Å²) >= 11 is 5.40. The number of hydrogen-bond donors (Lipinski definition) is 1. The second-order valence-corrected chi connectivity index (χ2v) is 6.41. The topological polar surface area (TPSA) is 21.3 Å². The minimum atomic E-state index is 0.504. The van der Waals surface area contributed by atoms with Crippen LogP contribution in [0.5, 0.6) is 0 Å². The van der Waals surface area contributed by atoms with Gasteiger partial charge in [0.25, 0.3) is 0 Å². The van der Waals surface area contributed by atoms with E-state index in [2.05, 4.69) is 34.2 Å². The molecule has 0 bridgehead atoms. The maximum Gasteiger partial charge on any atom is 0.0588 e. The molecular weight excluding hydrogens is 286 g/mol. The summed E-state index contributed by atoms with van der Waals surface area (Å²) in [6, 6.07) is 2.21. The van der Waals surface area contributed by atoms with Gasteiger partial charge in [-0.15, -0.1) is 11.3 Å². The molecule has 1 unspecified atom stereocenters. The Balaban J connectivity index is 1.64. The molecule has 2 heterocycles. The first-order chi connectivity index (χ1) is 7.75. The smallest absolute Gasteiger partial charge is 0.0588 e. The molecule has 1 aliphatic heterocycles. The lowest BCUT2D eigenvalue weighted by atomic mass is 10.2. The van der Waals surface area contributed by atoms with Crippen LogP contribution in [0, 0.1) is 6.92 Å². The zero-order chi connectivity index (χ0) is 11.4. The van der Waals surface area contributed by atoms with Gasteiger partial charge in [0.05, 0.1) is 6.10 Å². The molecule has 0 saturated carbocycles. The SMILES string of the molecule is Cc1sc(CNCCC2CCCO2)cc1Br. The average Bonchev–Trinajstić information content (AvgIpc) is 2.85. The van der Waals surface area contributed by atoms with Gasteiger partial charge in [0.15, 0.2) is 0 Å². The van der Waals surface area contributed by atoms with Gasteiger partial charge in [-0.3, -0.25) is 0 Å². The van der Waals surface area contributed by atoms with Gasteiger partial charge in [-0.05, 0) is 54.7 Å². The summed E-state index contributed by atoms with van der Waals surface area (Å²) in [6.45, 7) is 5.13. The van der Waals surface area contributed by atoms with E-state index in [0.717, 1.165) is 26.1 Å². The lowest BCUT2D eigenvalue weighted by Gasteiger charge is -2.09. The Labute approximate surface area is 110 Å². The quantitative estimate of drug-likeness (QED) is 0.841. The van der Waals surface area contributed by atoms with Gasteiger partial charge < -0.3 is 10.1 Å². The Morgan fingerprint density at radius 1 is 1.62 bits per heavy atom. The first-order valence-electron chi connectivity index (χ1n) is 5.83. The van der Waals surface area contributed by atoms with Crippen LogP contribution in [-0.2, 0) is 11.3 Å². The third-order valence-electron chi connectivity index (χ3n) is 2.87. The summed E-state index contributed by atoms with van der Waals surface area (Å²) in [4.78, 5) is 2.76. The van der Waals surface area contributed by atoms with Crippen molar-refractivity contribution in [2.75, 3.05) is 13.2 Å². The predicted octanol–water partition coefficient (Wildman–Crippen LogP) is 3.48. The van der Waals surface area contributed by atoms with Crippen LogP contribution < -0.4 is 5.32 Å². The Kier molecular flexibility index (Phi) is 4.82. The third kappa shape index (κ3) is 3.55. The maximum atomic E-state index is 5.58. The molecule has 1 N–H and O–H groups in total. The van der Waals surface area contributed by atoms with Crippen LogP contribution in [0.25, 0.3) is 0 Å². The van der Waals surface area contributed by atoms with Gasteiger partial charge in [0.1, 0.15) is 0 Å². The van der Waals surface area contributed by atoms with Crippen molar-refractivity contribution in [3.63, 3.8) is 0 Å². The van der Waals surface area contributed by atoms with Gasteiger partial charge in [0.2, 0.25) is 0 Å². The van der Waals surface area contributed by atoms with Crippen LogP contribution in [0.3, 0.4) is 0 Å². The normalized spacial score (nSPS) is 20.5. The molecule has 90 valence electrons. The number of hydrogen-bond acceptors (Lipinski definition) is 3. The summed E-state index contributed by atoms with van der Waals surface area (Å²) < 4.78 is 6.81. The van der Waals surface area contributed by atoms with E-state index in [1.165, 1.54) is 27.1 Å². The molecule has 2 nitrogen and oxygen atoms in total. The third-order valence-corrected chi connectivity index (χ3v) is 5.01. The number of nitrogens with one attached hydrogen (secondary N) is 1. The standard InChI is InChI=1S/C12H18BrNOS/c1-9-12(13)7-11(16-9)8-14-5-4-10-3-2-6-15-10/h7,10,14H,2-6,8H2,1H3. The predicted molar refractivity (Wildman–Crippen MR) is 72.1 cm³/mol. The molecule has 1 fully saturated rings. The fraction of sp³-hybridized carbons (Fsp3) is 0.667. The number of halogens is 1. The van der Waals surface area contributed by atoms with E-state index in [0.29, 0.717) is 6.10 Å². The number of thiophene rings is 1. The summed E-state index contributed by atoms with van der Waals surface area (Å²) in [5.74, 6) is 0. The van der Waals surface area contributed by atoms with E-state index in [4.69, 9.17) is 4.74 Å². The first-order valence-corrected chi connectivity index (χ1v) is 7.44. The summed E-state index contributed by atoms with van der Waals surface area (Å²) in [6.07, 6.45) is 4.13. The Morgan fingerprint density at radius 3 is 3.12 bits per heavy atom. The highest BCUT2D eigenvalue weighted by molar-refractivity contribution is 9.10. The van der Waals surface area contributed by atoms with Crippen molar-refractivity contribution in [3.8, 4) is 0 Å². The van der Waals surface area contributed by atoms with Gasteiger partial charge in [-0.25, -0.2) is 0 Å². The molecule has 0 radical (unpaired) electrons. The average molecular weight is 304 g/mol. The van der Waals surface area contributed by atoms with Crippen molar-refractivity contribution in [1.82, 2.24) is 5.32 Å². The molecule has 0 amide bonds. The molecular formula is C12H18BrNOS. The molecule has 1 aromatic rings. The van der Waals surface area contributed by atoms with E-state index >= 15 is 0 Å². The molecule has 1 atom stereocenters. The minimum Gasteiger partial charge on any atom is -0.378 e. The fourth-order valence-electron chi connectivity index (χ4n) is 1.95. The van der Waals surface area contributed by atoms with Crippen LogP contribution in [0.1, 0.15) is 29.0 Å². The highest BCUT2D eigenvalue weighted by atomic mass is 79.9. The molecule has 1 saturated heterocycles. The molecule has 16 heavy (non-hydrogen) atoms. The van der Waals surface area contributed by atoms with Gasteiger partial charge in [-0.1, -0.05) is 0 Å². The van der Waals surface area contributed by atoms with Crippen LogP contribution in [0.4, 0.5) is 0 Å². The first kappa shape index (κ1) is 12.6. The molecule has 1 aromatic heterocycles. The summed E-state index contributed by atoms with van der Waals surface area (Å²) in [7, 11) is 0. The number of aryl methyl sites for hydroxylation is 1. The molecule has 2 rings (SSSR count). The van der Waals surface area contributed by atoms with Crippen LogP contribution in [0.15, 0.2) is 10.5 Å². The fourth-order valence-corrected chi connectivity index (χ4v) is 3.52. The van der Waals surface area contributed by atoms with E-state index < -0.39 is 0 Å². The minimum absolute atomic E-state index is 0.504. The van der Waals surface area contributed by atoms with Crippen molar-refractivity contribution >= 4 is 27.3 Å². The monoisotopic (exact) mass is 303 g/mol. The zero-order valence-electron chi connectivity index (χ0n) is 9.59. The second kappa shape index (κ2) is 6.15. The van der Waals surface area contributed by atoms with Crippen LogP contribution in [0.2, 0.25) is 0 Å². The van der Waals surface area contributed by atoms with Crippen LogP contribution >= 0.6 is 27.3 Å². The largest absolute Gasteiger partial charge is 0.378 e. The molecule has 1 aliphatic rings. The Hall–Kier alpha value is 0.100. The molecule has 4 heteroatoms. The Bertz CT molecular complexity index is 314. The molecule has 0 spiro atoms. The number of ether oxygens (including phenoxy) is 1. The molecule has 0 aliphatic carbocycles. The van der Waals surface area contributed by atoms with Gasteiger partial charge in [-0.2, -0.15) is 0 Å². The van der Waals surface area contributed by atoms with Crippen molar-refractivity contribution in [2.45, 2.75) is 38.8 Å². The Morgan fingerprint density at radius 2 is 2.50 bits per heavy atom. The highest BCUT2D eigenvalue weighted by Gasteiger charge is 2.14. The van der Waals surface area contributed by atoms with Gasteiger partial charge in [0, 0.05) is 27.4 Å². The lowest BCUT2D eigenvalue weighted by molar-refractivity contribution is 0.104. The van der Waals surface area contributed by atoms with E-state index in [-0.39, 0.29) is 0 Å². The lowest BCUT2D eigenvalue weighted by Crippen LogP contribution is -2.19. The van der Waals surface area contributed by atoms with E-state index in [9.17, 15) is 0 Å². The highest BCUT2D eigenvalue weighted by Crippen LogP contribution is 2.26. The maximum absolute atomic E-state index is 5.58. The van der Waals surface area contributed by atoms with Crippen LogP contribution in [-0.4, -0.2) is 19.3 Å². The zero-order valence-corrected chi connectivity index (χ0v) is 12.0. The van der Waals surface area contributed by atoms with Crippen molar-refractivity contribution < 1.29 is 4.74 Å². The second-order valence-electron chi connectivity index (χ2n) is 4.22. The number of rotatable bonds is 5. The van der Waals surface area contributed by atoms with E-state index in [1.807, 2.05) is 11.3 Å². The summed E-state index contributed by atoms with van der Waals surface area (Å²) in [5, 5.41) is 3.48. The van der Waals surface area contributed by atoms with Crippen molar-refractivity contribution in [3.05, 3.63) is 20.3 Å². The summed E-state index contributed by atoms with van der Waals surface area (Å²) in [5.41, 5.74) is 0. The molecule has 0 aromatic carbocycles.